The molecule has 21 heavy (non-hydrogen) atoms. The standard InChI is InChI=1S/C20H38O/c1-19(2,3)15-7-11-17(12-8-15)21-18-13-9-16(10-14-18)20(4,5)6/h15-18H,7-14H2,1-6H3. The zero-order chi connectivity index (χ0) is 15.7. The van der Waals surface area contributed by atoms with Gasteiger partial charge in [-0.1, -0.05) is 41.5 Å². The summed E-state index contributed by atoms with van der Waals surface area (Å²) in [6.07, 6.45) is 11.7. The topological polar surface area (TPSA) is 9.23 Å². The van der Waals surface area contributed by atoms with Crippen LogP contribution in [0.2, 0.25) is 0 Å². The van der Waals surface area contributed by atoms with Crippen molar-refractivity contribution in [3.8, 4) is 0 Å². The average molecular weight is 295 g/mol. The highest BCUT2D eigenvalue weighted by atomic mass is 16.5. The molecule has 1 nitrogen and oxygen atoms in total. The summed E-state index contributed by atoms with van der Waals surface area (Å²) in [5.41, 5.74) is 0.964. The van der Waals surface area contributed by atoms with E-state index in [1.54, 1.807) is 0 Å². The van der Waals surface area contributed by atoms with Crippen LogP contribution >= 0.6 is 0 Å². The third-order valence-electron chi connectivity index (χ3n) is 6.18. The van der Waals surface area contributed by atoms with E-state index in [2.05, 4.69) is 41.5 Å². The van der Waals surface area contributed by atoms with Crippen LogP contribution in [-0.2, 0) is 4.74 Å². The molecule has 2 rings (SSSR count). The SMILES string of the molecule is CC(C)(C)C1CCC(OC2CCC(C(C)(C)C)CC2)CC1. The smallest absolute Gasteiger partial charge is 0.0579 e. The molecular weight excluding hydrogens is 256 g/mol. The van der Waals surface area contributed by atoms with Crippen LogP contribution in [0.25, 0.3) is 0 Å². The van der Waals surface area contributed by atoms with Gasteiger partial charge in [-0.05, 0) is 74.0 Å². The molecule has 0 unspecified atom stereocenters. The molecule has 0 N–H and O–H groups in total. The second-order valence-electron chi connectivity index (χ2n) is 9.82. The summed E-state index contributed by atoms with van der Waals surface area (Å²) in [6, 6.07) is 0. The number of ether oxygens (including phenoxy) is 1. The molecule has 0 aliphatic heterocycles. The van der Waals surface area contributed by atoms with Crippen molar-refractivity contribution < 1.29 is 4.74 Å². The highest BCUT2D eigenvalue weighted by Crippen LogP contribution is 2.41. The van der Waals surface area contributed by atoms with Crippen LogP contribution in [0.15, 0.2) is 0 Å². The first-order valence-electron chi connectivity index (χ1n) is 9.31. The Morgan fingerprint density at radius 2 is 0.810 bits per heavy atom. The van der Waals surface area contributed by atoms with E-state index >= 15 is 0 Å². The zero-order valence-corrected chi connectivity index (χ0v) is 15.4. The quantitative estimate of drug-likeness (QED) is 0.588. The fourth-order valence-electron chi connectivity index (χ4n) is 4.40. The lowest BCUT2D eigenvalue weighted by Crippen LogP contribution is -2.34. The summed E-state index contributed by atoms with van der Waals surface area (Å²) in [7, 11) is 0. The molecule has 0 bridgehead atoms. The molecule has 1 heteroatoms. The molecule has 124 valence electrons. The number of rotatable bonds is 2. The normalized spacial score (nSPS) is 35.7. The fourth-order valence-corrected chi connectivity index (χ4v) is 4.40. The Morgan fingerprint density at radius 1 is 0.524 bits per heavy atom. The van der Waals surface area contributed by atoms with E-state index in [0.29, 0.717) is 23.0 Å². The second kappa shape index (κ2) is 6.60. The zero-order valence-electron chi connectivity index (χ0n) is 15.4. The van der Waals surface area contributed by atoms with Gasteiger partial charge in [0, 0.05) is 0 Å². The summed E-state index contributed by atoms with van der Waals surface area (Å²) in [5.74, 6) is 1.79. The van der Waals surface area contributed by atoms with Crippen LogP contribution in [0.5, 0.6) is 0 Å². The fraction of sp³-hybridized carbons (Fsp3) is 1.00. The van der Waals surface area contributed by atoms with Crippen LogP contribution in [0.3, 0.4) is 0 Å². The van der Waals surface area contributed by atoms with Gasteiger partial charge in [-0.25, -0.2) is 0 Å². The molecule has 2 fully saturated rings. The number of hydrogen-bond acceptors (Lipinski definition) is 1. The first-order chi connectivity index (χ1) is 9.66. The predicted octanol–water partition coefficient (Wildman–Crippen LogP) is 6.21. The molecule has 2 aliphatic carbocycles. The highest BCUT2D eigenvalue weighted by Gasteiger charge is 2.33. The molecule has 0 aromatic heterocycles. The van der Waals surface area contributed by atoms with Crippen LogP contribution < -0.4 is 0 Å². The van der Waals surface area contributed by atoms with Gasteiger partial charge in [0.2, 0.25) is 0 Å². The Balaban J connectivity index is 1.71. The Hall–Kier alpha value is -0.0400. The maximum absolute atomic E-state index is 6.45. The van der Waals surface area contributed by atoms with E-state index in [1.807, 2.05) is 0 Å². The lowest BCUT2D eigenvalue weighted by atomic mass is 9.71. The molecule has 0 amide bonds. The Morgan fingerprint density at radius 3 is 1.05 bits per heavy atom. The van der Waals surface area contributed by atoms with E-state index < -0.39 is 0 Å². The minimum atomic E-state index is 0.482. The monoisotopic (exact) mass is 294 g/mol. The van der Waals surface area contributed by atoms with Crippen LogP contribution in [-0.4, -0.2) is 12.2 Å². The van der Waals surface area contributed by atoms with Gasteiger partial charge in [0.25, 0.3) is 0 Å². The molecule has 0 saturated heterocycles. The summed E-state index contributed by atoms with van der Waals surface area (Å²) in [5, 5.41) is 0. The molecule has 0 heterocycles. The molecule has 2 saturated carbocycles. The van der Waals surface area contributed by atoms with Gasteiger partial charge in [-0.15, -0.1) is 0 Å². The minimum Gasteiger partial charge on any atom is -0.375 e. The van der Waals surface area contributed by atoms with Gasteiger partial charge in [0.15, 0.2) is 0 Å². The highest BCUT2D eigenvalue weighted by molar-refractivity contribution is 4.84. The van der Waals surface area contributed by atoms with Crippen LogP contribution in [0, 0.1) is 22.7 Å². The summed E-state index contributed by atoms with van der Waals surface area (Å²) >= 11 is 0. The van der Waals surface area contributed by atoms with Crippen LogP contribution in [0.4, 0.5) is 0 Å². The lowest BCUT2D eigenvalue weighted by Gasteiger charge is -2.40. The molecule has 0 aromatic rings. The van der Waals surface area contributed by atoms with Gasteiger partial charge in [-0.2, -0.15) is 0 Å². The first kappa shape index (κ1) is 17.3. The van der Waals surface area contributed by atoms with Crippen molar-refractivity contribution in [3.63, 3.8) is 0 Å². The summed E-state index contributed by atoms with van der Waals surface area (Å²) in [4.78, 5) is 0. The van der Waals surface area contributed by atoms with Gasteiger partial charge in [0.1, 0.15) is 0 Å². The summed E-state index contributed by atoms with van der Waals surface area (Å²) < 4.78 is 6.45. The van der Waals surface area contributed by atoms with Gasteiger partial charge in [-0.3, -0.25) is 0 Å². The van der Waals surface area contributed by atoms with E-state index in [0.717, 1.165) is 11.8 Å². The van der Waals surface area contributed by atoms with Crippen LogP contribution in [0.1, 0.15) is 92.9 Å². The third-order valence-corrected chi connectivity index (χ3v) is 6.18. The Bertz CT molecular complexity index is 272. The molecule has 0 radical (unpaired) electrons. The van der Waals surface area contributed by atoms with Crippen molar-refractivity contribution in [2.45, 2.75) is 105 Å². The average Bonchev–Trinajstić information content (AvgIpc) is 2.38. The lowest BCUT2D eigenvalue weighted by molar-refractivity contribution is -0.0679. The Labute approximate surface area is 133 Å². The number of hydrogen-bond donors (Lipinski definition) is 0. The minimum absolute atomic E-state index is 0.482. The molecule has 0 spiro atoms. The van der Waals surface area contributed by atoms with Crippen molar-refractivity contribution in [3.05, 3.63) is 0 Å². The largest absolute Gasteiger partial charge is 0.375 e. The molecule has 0 aromatic carbocycles. The molecule has 2 aliphatic rings. The maximum Gasteiger partial charge on any atom is 0.0579 e. The predicted molar refractivity (Wildman–Crippen MR) is 91.5 cm³/mol. The van der Waals surface area contributed by atoms with Crippen molar-refractivity contribution in [1.82, 2.24) is 0 Å². The van der Waals surface area contributed by atoms with E-state index in [9.17, 15) is 0 Å². The van der Waals surface area contributed by atoms with Gasteiger partial charge < -0.3 is 4.74 Å². The van der Waals surface area contributed by atoms with E-state index in [1.165, 1.54) is 51.4 Å². The molecule has 0 atom stereocenters. The first-order valence-corrected chi connectivity index (χ1v) is 9.31. The Kier molecular flexibility index (Phi) is 5.45. The van der Waals surface area contributed by atoms with Gasteiger partial charge >= 0.3 is 0 Å². The maximum atomic E-state index is 6.45. The third kappa shape index (κ3) is 4.98. The van der Waals surface area contributed by atoms with Gasteiger partial charge in [0.05, 0.1) is 12.2 Å². The second-order valence-corrected chi connectivity index (χ2v) is 9.82. The van der Waals surface area contributed by atoms with Crippen molar-refractivity contribution in [1.29, 1.82) is 0 Å². The van der Waals surface area contributed by atoms with Crippen molar-refractivity contribution in [2.24, 2.45) is 22.7 Å². The van der Waals surface area contributed by atoms with E-state index in [4.69, 9.17) is 4.74 Å². The van der Waals surface area contributed by atoms with E-state index in [-0.39, 0.29) is 0 Å². The summed E-state index contributed by atoms with van der Waals surface area (Å²) in [6.45, 7) is 14.4. The molecular formula is C20H38O. The van der Waals surface area contributed by atoms with Crippen molar-refractivity contribution >= 4 is 0 Å². The van der Waals surface area contributed by atoms with Crippen molar-refractivity contribution in [2.75, 3.05) is 0 Å².